The van der Waals surface area contributed by atoms with Crippen molar-refractivity contribution >= 4 is 11.8 Å². The van der Waals surface area contributed by atoms with Gasteiger partial charge in [0.15, 0.2) is 23.3 Å². The first-order valence-corrected chi connectivity index (χ1v) is 13.6. The molecule has 0 amide bonds. The number of carbonyl (C=O) groups excluding carboxylic acids is 2. The molecule has 1 aliphatic heterocycles. The molecule has 8 atom stereocenters. The lowest BCUT2D eigenvalue weighted by atomic mass is 9.59. The van der Waals surface area contributed by atoms with Crippen LogP contribution in [0.1, 0.15) is 58.3 Å². The van der Waals surface area contributed by atoms with Gasteiger partial charge in [0.2, 0.25) is 0 Å². The molecule has 2 saturated carbocycles. The Hall–Kier alpha value is -2.48. The predicted molar refractivity (Wildman–Crippen MR) is 139 cm³/mol. The van der Waals surface area contributed by atoms with Gasteiger partial charge in [-0.15, -0.1) is 0 Å². The van der Waals surface area contributed by atoms with Crippen LogP contribution in [0.4, 0.5) is 0 Å². The third-order valence-electron chi connectivity index (χ3n) is 10.2. The molecule has 6 rings (SSSR count). The van der Waals surface area contributed by atoms with E-state index in [0.29, 0.717) is 22.8 Å². The molecular weight excluding hydrogens is 484 g/mol. The molecule has 7 unspecified atom stereocenters. The standard InChI is InChI=1S/C31H38O7/c1-16-14-30-17(2)12-22-23(28(22,3)4)21(24(30)32)13-19-15-36-29(5,6)38-26(19)31(30,34)25(16)37-27(33)18-8-10-20(35-7)11-9-18/h8-11,13-14,17,21-23,25-26,34H,12,15H2,1-7H3/t17-,21?,22?,23?,25?,26?,30?,31?/m1/s1. The Morgan fingerprint density at radius 2 is 1.82 bits per heavy atom. The first-order valence-electron chi connectivity index (χ1n) is 13.6. The summed E-state index contributed by atoms with van der Waals surface area (Å²) >= 11 is 0. The van der Waals surface area contributed by atoms with Crippen LogP contribution in [0.2, 0.25) is 0 Å². The largest absolute Gasteiger partial charge is 0.497 e. The van der Waals surface area contributed by atoms with E-state index >= 15 is 0 Å². The maximum absolute atomic E-state index is 14.7. The van der Waals surface area contributed by atoms with Crippen LogP contribution in [0.15, 0.2) is 47.6 Å². The van der Waals surface area contributed by atoms with Crippen LogP contribution >= 0.6 is 0 Å². The lowest BCUT2D eigenvalue weighted by molar-refractivity contribution is -0.302. The summed E-state index contributed by atoms with van der Waals surface area (Å²) in [7, 11) is 1.56. The highest BCUT2D eigenvalue weighted by atomic mass is 16.7. The van der Waals surface area contributed by atoms with Crippen LogP contribution in [0.25, 0.3) is 0 Å². The van der Waals surface area contributed by atoms with E-state index in [2.05, 4.69) is 20.8 Å². The van der Waals surface area contributed by atoms with E-state index in [0.717, 1.165) is 12.0 Å². The molecule has 7 nitrogen and oxygen atoms in total. The number of ketones is 1. The van der Waals surface area contributed by atoms with E-state index in [9.17, 15) is 14.7 Å². The van der Waals surface area contributed by atoms with Crippen molar-refractivity contribution in [1.82, 2.24) is 0 Å². The summed E-state index contributed by atoms with van der Waals surface area (Å²) in [6.45, 7) is 12.2. The average molecular weight is 523 g/mol. The fourth-order valence-corrected chi connectivity index (χ4v) is 8.20. The topological polar surface area (TPSA) is 91.3 Å². The molecule has 1 heterocycles. The zero-order valence-corrected chi connectivity index (χ0v) is 23.2. The monoisotopic (exact) mass is 522 g/mol. The third kappa shape index (κ3) is 3.24. The normalized spacial score (nSPS) is 41.8. The SMILES string of the molecule is COc1ccc(C(=O)OC2C(C)=CC34C(=O)C(C=C5COC(C)(C)OC5C23O)C2C(C[C@H]4C)C2(C)C)cc1. The van der Waals surface area contributed by atoms with Crippen molar-refractivity contribution in [3.63, 3.8) is 0 Å². The lowest BCUT2D eigenvalue weighted by Crippen LogP contribution is -2.68. The fourth-order valence-electron chi connectivity index (χ4n) is 8.20. The molecular formula is C31H38O7. The Bertz CT molecular complexity index is 1260. The highest BCUT2D eigenvalue weighted by molar-refractivity contribution is 5.96. The van der Waals surface area contributed by atoms with Gasteiger partial charge in [0.1, 0.15) is 11.9 Å². The summed E-state index contributed by atoms with van der Waals surface area (Å²) in [5.41, 5.74) is -1.29. The molecule has 204 valence electrons. The summed E-state index contributed by atoms with van der Waals surface area (Å²) in [6, 6.07) is 6.64. The summed E-state index contributed by atoms with van der Waals surface area (Å²) in [6.07, 6.45) is 2.78. The van der Waals surface area contributed by atoms with E-state index in [1.165, 1.54) is 0 Å². The van der Waals surface area contributed by atoms with E-state index < -0.39 is 35.0 Å². The Balaban J connectivity index is 1.49. The fraction of sp³-hybridized carbons (Fsp3) is 0.613. The molecule has 5 aliphatic rings. The molecule has 4 aliphatic carbocycles. The lowest BCUT2D eigenvalue weighted by Gasteiger charge is -2.52. The summed E-state index contributed by atoms with van der Waals surface area (Å²) < 4.78 is 23.8. The number of methoxy groups -OCH3 is 1. The molecule has 0 aromatic heterocycles. The number of benzene rings is 1. The van der Waals surface area contributed by atoms with Gasteiger partial charge in [-0.2, -0.15) is 0 Å². The number of fused-ring (bicyclic) bond motifs is 5. The summed E-state index contributed by atoms with van der Waals surface area (Å²) in [4.78, 5) is 28.1. The number of carbonyl (C=O) groups is 2. The van der Waals surface area contributed by atoms with Crippen LogP contribution in [0, 0.1) is 34.5 Å². The van der Waals surface area contributed by atoms with Crippen molar-refractivity contribution < 1.29 is 33.6 Å². The average Bonchev–Trinajstić information content (AvgIpc) is 3.36. The van der Waals surface area contributed by atoms with Crippen molar-refractivity contribution in [3.8, 4) is 5.75 Å². The smallest absolute Gasteiger partial charge is 0.338 e. The molecule has 3 fully saturated rings. The number of Topliss-reactive ketones (excluding diaryl/α,β-unsaturated/α-hetero) is 1. The van der Waals surface area contributed by atoms with Crippen LogP contribution in [0.5, 0.6) is 5.75 Å². The molecule has 1 saturated heterocycles. The van der Waals surface area contributed by atoms with Gasteiger partial charge >= 0.3 is 5.97 Å². The molecule has 2 bridgehead atoms. The Morgan fingerprint density at radius 1 is 1.13 bits per heavy atom. The van der Waals surface area contributed by atoms with Crippen LogP contribution in [-0.4, -0.2) is 54.2 Å². The summed E-state index contributed by atoms with van der Waals surface area (Å²) in [5, 5.41) is 13.0. The maximum Gasteiger partial charge on any atom is 0.338 e. The van der Waals surface area contributed by atoms with Gasteiger partial charge < -0.3 is 24.1 Å². The Morgan fingerprint density at radius 3 is 2.47 bits per heavy atom. The van der Waals surface area contributed by atoms with Crippen molar-refractivity contribution in [3.05, 3.63) is 53.1 Å². The molecule has 7 heteroatoms. The zero-order chi connectivity index (χ0) is 27.4. The van der Waals surface area contributed by atoms with Gasteiger partial charge in [0.25, 0.3) is 0 Å². The quantitative estimate of drug-likeness (QED) is 0.462. The van der Waals surface area contributed by atoms with Gasteiger partial charge in [0, 0.05) is 5.92 Å². The van der Waals surface area contributed by atoms with Crippen molar-refractivity contribution in [1.29, 1.82) is 0 Å². The highest BCUT2D eigenvalue weighted by Crippen LogP contribution is 2.72. The number of esters is 1. The molecule has 1 N–H and O–H groups in total. The van der Waals surface area contributed by atoms with Crippen LogP contribution < -0.4 is 4.74 Å². The number of allylic oxidation sites excluding steroid dienone is 1. The predicted octanol–water partition coefficient (Wildman–Crippen LogP) is 4.49. The van der Waals surface area contributed by atoms with Gasteiger partial charge in [0.05, 0.1) is 24.7 Å². The van der Waals surface area contributed by atoms with Gasteiger partial charge in [-0.05, 0) is 85.8 Å². The van der Waals surface area contributed by atoms with Crippen LogP contribution in [-0.2, 0) is 19.0 Å². The highest BCUT2D eigenvalue weighted by Gasteiger charge is 2.77. The molecule has 0 radical (unpaired) electrons. The number of hydrogen-bond donors (Lipinski definition) is 1. The number of hydrogen-bond acceptors (Lipinski definition) is 7. The second kappa shape index (κ2) is 8.03. The first-order chi connectivity index (χ1) is 17.8. The minimum atomic E-state index is -1.82. The zero-order valence-electron chi connectivity index (χ0n) is 23.2. The van der Waals surface area contributed by atoms with Crippen molar-refractivity contribution in [2.24, 2.45) is 34.5 Å². The Labute approximate surface area is 224 Å². The molecule has 1 spiro atoms. The van der Waals surface area contributed by atoms with E-state index in [1.54, 1.807) is 31.4 Å². The van der Waals surface area contributed by atoms with Crippen LogP contribution in [0.3, 0.4) is 0 Å². The van der Waals surface area contributed by atoms with Gasteiger partial charge in [-0.1, -0.05) is 32.9 Å². The number of aliphatic hydroxyl groups is 1. The molecule has 1 aromatic rings. The maximum atomic E-state index is 14.7. The van der Waals surface area contributed by atoms with E-state index in [4.69, 9.17) is 18.9 Å². The van der Waals surface area contributed by atoms with Gasteiger partial charge in [-0.3, -0.25) is 4.79 Å². The number of rotatable bonds is 3. The van der Waals surface area contributed by atoms with E-state index in [1.807, 2.05) is 32.9 Å². The summed E-state index contributed by atoms with van der Waals surface area (Å²) in [5.74, 6) is -0.916. The van der Waals surface area contributed by atoms with E-state index in [-0.39, 0.29) is 35.6 Å². The second-order valence-corrected chi connectivity index (χ2v) is 13.0. The minimum Gasteiger partial charge on any atom is -0.497 e. The first kappa shape index (κ1) is 25.8. The Kier molecular flexibility index (Phi) is 5.44. The number of ether oxygens (including phenoxy) is 4. The minimum absolute atomic E-state index is 0.00349. The van der Waals surface area contributed by atoms with Crippen molar-refractivity contribution in [2.45, 2.75) is 71.6 Å². The second-order valence-electron chi connectivity index (χ2n) is 13.0. The molecule has 1 aromatic carbocycles. The van der Waals surface area contributed by atoms with Gasteiger partial charge in [-0.25, -0.2) is 4.79 Å². The third-order valence-corrected chi connectivity index (χ3v) is 10.2. The van der Waals surface area contributed by atoms with Crippen molar-refractivity contribution in [2.75, 3.05) is 13.7 Å². The molecule has 38 heavy (non-hydrogen) atoms.